The van der Waals surface area contributed by atoms with Gasteiger partial charge in [0.15, 0.2) is 17.4 Å². The minimum Gasteiger partial charge on any atom is -0.503 e. The minimum atomic E-state index is -1.61. The van der Waals surface area contributed by atoms with Gasteiger partial charge in [-0.15, -0.1) is 0 Å². The largest absolute Gasteiger partial charge is 0.503 e. The third-order valence-corrected chi connectivity index (χ3v) is 1.59. The molecule has 0 heterocycles. The quantitative estimate of drug-likeness (QED) is 0.694. The summed E-state index contributed by atoms with van der Waals surface area (Å²) in [4.78, 5) is 0. The predicted molar refractivity (Wildman–Crippen MR) is 38.8 cm³/mol. The van der Waals surface area contributed by atoms with Crippen LogP contribution in [0.3, 0.4) is 0 Å². The van der Waals surface area contributed by atoms with Gasteiger partial charge in [-0.25, -0.2) is 8.78 Å². The van der Waals surface area contributed by atoms with Crippen LogP contribution in [0.15, 0.2) is 6.07 Å². The molecule has 0 saturated heterocycles. The molecule has 0 spiro atoms. The summed E-state index contributed by atoms with van der Waals surface area (Å²) in [5, 5.41) is 17.2. The monoisotopic (exact) mass is 192 g/mol. The Bertz CT molecular complexity index is 326. The van der Waals surface area contributed by atoms with E-state index in [1.54, 1.807) is 0 Å². The van der Waals surface area contributed by atoms with Gasteiger partial charge in [-0.2, -0.15) is 4.39 Å². The minimum absolute atomic E-state index is 0.170. The van der Waals surface area contributed by atoms with Crippen LogP contribution in [0.4, 0.5) is 13.2 Å². The van der Waals surface area contributed by atoms with Crippen LogP contribution in [0, 0.1) is 17.5 Å². The molecule has 0 saturated carbocycles. The van der Waals surface area contributed by atoms with Crippen molar-refractivity contribution in [3.05, 3.63) is 29.1 Å². The molecule has 1 rings (SSSR count). The van der Waals surface area contributed by atoms with Crippen molar-refractivity contribution in [2.75, 3.05) is 6.61 Å². The summed E-state index contributed by atoms with van der Waals surface area (Å²) >= 11 is 0. The lowest BCUT2D eigenvalue weighted by molar-refractivity contribution is 0.295. The predicted octanol–water partition coefficient (Wildman–Crippen LogP) is 1.34. The van der Waals surface area contributed by atoms with Gasteiger partial charge in [-0.05, 0) is 18.1 Å². The maximum absolute atomic E-state index is 12.9. The van der Waals surface area contributed by atoms with Crippen LogP contribution in [0.1, 0.15) is 5.56 Å². The Morgan fingerprint density at radius 1 is 1.15 bits per heavy atom. The molecular formula is C8H7F3O2. The Morgan fingerprint density at radius 2 is 1.77 bits per heavy atom. The molecule has 0 aromatic heterocycles. The van der Waals surface area contributed by atoms with Crippen LogP contribution in [-0.2, 0) is 6.42 Å². The first-order chi connectivity index (χ1) is 6.07. The summed E-state index contributed by atoms with van der Waals surface area (Å²) in [6, 6.07) is 0.612. The second-order valence-electron chi connectivity index (χ2n) is 2.47. The molecule has 0 aliphatic rings. The lowest BCUT2D eigenvalue weighted by Gasteiger charge is -2.04. The highest BCUT2D eigenvalue weighted by atomic mass is 19.2. The van der Waals surface area contributed by atoms with Crippen molar-refractivity contribution in [1.82, 2.24) is 0 Å². The number of benzene rings is 1. The van der Waals surface area contributed by atoms with Gasteiger partial charge in [-0.1, -0.05) is 0 Å². The van der Waals surface area contributed by atoms with Crippen molar-refractivity contribution in [2.24, 2.45) is 0 Å². The molecule has 0 unspecified atom stereocenters. The van der Waals surface area contributed by atoms with Gasteiger partial charge in [0.05, 0.1) is 0 Å². The van der Waals surface area contributed by atoms with E-state index in [-0.39, 0.29) is 12.0 Å². The van der Waals surface area contributed by atoms with Crippen LogP contribution in [0.5, 0.6) is 5.75 Å². The summed E-state index contributed by atoms with van der Waals surface area (Å²) in [5.74, 6) is -5.52. The molecule has 72 valence electrons. The number of hydrogen-bond acceptors (Lipinski definition) is 2. The zero-order valence-corrected chi connectivity index (χ0v) is 6.52. The fourth-order valence-corrected chi connectivity index (χ4v) is 0.944. The van der Waals surface area contributed by atoms with Crippen molar-refractivity contribution in [2.45, 2.75) is 6.42 Å². The van der Waals surface area contributed by atoms with Gasteiger partial charge in [0.1, 0.15) is 0 Å². The van der Waals surface area contributed by atoms with Crippen molar-refractivity contribution in [3.8, 4) is 5.75 Å². The van der Waals surface area contributed by atoms with E-state index in [9.17, 15) is 13.2 Å². The Morgan fingerprint density at radius 3 is 2.31 bits per heavy atom. The normalized spacial score (nSPS) is 10.5. The zero-order chi connectivity index (χ0) is 10.0. The number of aliphatic hydroxyl groups is 1. The summed E-state index contributed by atoms with van der Waals surface area (Å²) in [6.45, 7) is -0.401. The molecular weight excluding hydrogens is 185 g/mol. The van der Waals surface area contributed by atoms with Crippen LogP contribution >= 0.6 is 0 Å². The first kappa shape index (κ1) is 9.85. The maximum Gasteiger partial charge on any atom is 0.203 e. The first-order valence-corrected chi connectivity index (χ1v) is 3.54. The van der Waals surface area contributed by atoms with E-state index in [0.29, 0.717) is 6.07 Å². The second kappa shape index (κ2) is 3.66. The average Bonchev–Trinajstić information content (AvgIpc) is 2.11. The van der Waals surface area contributed by atoms with Crippen molar-refractivity contribution < 1.29 is 23.4 Å². The molecule has 0 fully saturated rings. The van der Waals surface area contributed by atoms with E-state index in [1.165, 1.54) is 0 Å². The van der Waals surface area contributed by atoms with E-state index in [2.05, 4.69) is 0 Å². The Balaban J connectivity index is 3.24. The summed E-state index contributed by atoms with van der Waals surface area (Å²) < 4.78 is 37.9. The van der Waals surface area contributed by atoms with E-state index >= 15 is 0 Å². The lowest BCUT2D eigenvalue weighted by Crippen LogP contribution is -1.99. The SMILES string of the molecule is OCCc1cc(F)c(F)c(O)c1F. The molecule has 5 heteroatoms. The number of hydrogen-bond donors (Lipinski definition) is 2. The van der Waals surface area contributed by atoms with Crippen LogP contribution in [0.2, 0.25) is 0 Å². The fraction of sp³-hybridized carbons (Fsp3) is 0.250. The van der Waals surface area contributed by atoms with Gasteiger partial charge in [0, 0.05) is 6.61 Å². The molecule has 2 N–H and O–H groups in total. The Kier molecular flexibility index (Phi) is 2.77. The van der Waals surface area contributed by atoms with Gasteiger partial charge in [0.2, 0.25) is 5.82 Å². The number of phenols is 1. The lowest BCUT2D eigenvalue weighted by atomic mass is 10.1. The molecule has 0 atom stereocenters. The van der Waals surface area contributed by atoms with Crippen molar-refractivity contribution in [1.29, 1.82) is 0 Å². The number of phenolic OH excluding ortho intramolecular Hbond substituents is 1. The van der Waals surface area contributed by atoms with E-state index in [1.807, 2.05) is 0 Å². The fourth-order valence-electron chi connectivity index (χ4n) is 0.944. The number of aliphatic hydroxyl groups excluding tert-OH is 1. The summed E-state index contributed by atoms with van der Waals surface area (Å²) in [7, 11) is 0. The molecule has 1 aromatic rings. The molecule has 2 nitrogen and oxygen atoms in total. The number of aromatic hydroxyl groups is 1. The van der Waals surface area contributed by atoms with Crippen LogP contribution in [-0.4, -0.2) is 16.8 Å². The molecule has 0 aliphatic heterocycles. The van der Waals surface area contributed by atoms with E-state index in [0.717, 1.165) is 0 Å². The van der Waals surface area contributed by atoms with Gasteiger partial charge in [0.25, 0.3) is 0 Å². The summed E-state index contributed by atoms with van der Waals surface area (Å²) in [5.41, 5.74) is -0.251. The highest BCUT2D eigenvalue weighted by molar-refractivity contribution is 5.32. The van der Waals surface area contributed by atoms with Crippen molar-refractivity contribution in [3.63, 3.8) is 0 Å². The van der Waals surface area contributed by atoms with Gasteiger partial charge in [-0.3, -0.25) is 0 Å². The highest BCUT2D eigenvalue weighted by Crippen LogP contribution is 2.25. The summed E-state index contributed by atoms with van der Waals surface area (Å²) in [6.07, 6.45) is -0.170. The average molecular weight is 192 g/mol. The van der Waals surface area contributed by atoms with Gasteiger partial charge < -0.3 is 10.2 Å². The van der Waals surface area contributed by atoms with Crippen LogP contribution in [0.25, 0.3) is 0 Å². The zero-order valence-electron chi connectivity index (χ0n) is 6.52. The third-order valence-electron chi connectivity index (χ3n) is 1.59. The molecule has 0 amide bonds. The van der Waals surface area contributed by atoms with E-state index < -0.39 is 29.8 Å². The smallest absolute Gasteiger partial charge is 0.203 e. The number of rotatable bonds is 2. The Hall–Kier alpha value is -1.23. The Labute approximate surface area is 72.2 Å². The van der Waals surface area contributed by atoms with Gasteiger partial charge >= 0.3 is 0 Å². The molecule has 13 heavy (non-hydrogen) atoms. The standard InChI is InChI=1S/C8H7F3O2/c9-5-3-4(1-2-12)6(10)8(13)7(5)11/h3,12-13H,1-2H2. The molecule has 0 aliphatic carbocycles. The molecule has 0 bridgehead atoms. The third kappa shape index (κ3) is 1.75. The second-order valence-corrected chi connectivity index (χ2v) is 2.47. The first-order valence-electron chi connectivity index (χ1n) is 3.54. The molecule has 0 radical (unpaired) electrons. The molecule has 1 aromatic carbocycles. The highest BCUT2D eigenvalue weighted by Gasteiger charge is 2.17. The number of halogens is 3. The van der Waals surface area contributed by atoms with Crippen LogP contribution < -0.4 is 0 Å². The van der Waals surface area contributed by atoms with Crippen molar-refractivity contribution >= 4 is 0 Å². The maximum atomic E-state index is 12.9. The van der Waals surface area contributed by atoms with E-state index in [4.69, 9.17) is 10.2 Å². The topological polar surface area (TPSA) is 40.5 Å².